The van der Waals surface area contributed by atoms with E-state index in [0.717, 1.165) is 5.56 Å². The zero-order valence-corrected chi connectivity index (χ0v) is 13.9. The quantitative estimate of drug-likeness (QED) is 0.807. The maximum absolute atomic E-state index is 12.4. The number of hydrogen-bond donors (Lipinski definition) is 2. The average Bonchev–Trinajstić information content (AvgIpc) is 2.57. The minimum atomic E-state index is -1.11. The molecule has 6 heteroatoms. The zero-order chi connectivity index (χ0) is 17.5. The number of benzene rings is 2. The fourth-order valence-electron chi connectivity index (χ4n) is 2.33. The van der Waals surface area contributed by atoms with E-state index < -0.39 is 24.0 Å². The van der Waals surface area contributed by atoms with Crippen LogP contribution in [0.5, 0.6) is 0 Å². The fraction of sp³-hybridized carbons (Fsp3) is 0.222. The molecule has 0 fully saturated rings. The largest absolute Gasteiger partial charge is 0.480 e. The van der Waals surface area contributed by atoms with Crippen LogP contribution in [0.1, 0.15) is 17.2 Å². The van der Waals surface area contributed by atoms with Crippen molar-refractivity contribution >= 4 is 23.5 Å². The molecular weight excluding hydrogens is 330 g/mol. The Kier molecular flexibility index (Phi) is 6.35. The van der Waals surface area contributed by atoms with Crippen LogP contribution in [0.2, 0.25) is 5.02 Å². The lowest BCUT2D eigenvalue weighted by Gasteiger charge is -2.20. The number of carbonyl (C=O) groups is 2. The molecule has 0 unspecified atom stereocenters. The summed E-state index contributed by atoms with van der Waals surface area (Å²) >= 11 is 5.82. The van der Waals surface area contributed by atoms with Gasteiger partial charge in [0.2, 0.25) is 0 Å². The Morgan fingerprint density at radius 1 is 1.12 bits per heavy atom. The number of methoxy groups -OCH3 is 1. The molecule has 0 aliphatic heterocycles. The van der Waals surface area contributed by atoms with Gasteiger partial charge in [0, 0.05) is 18.6 Å². The number of carboxylic acids is 1. The van der Waals surface area contributed by atoms with E-state index in [1.54, 1.807) is 48.5 Å². The topological polar surface area (TPSA) is 75.6 Å². The summed E-state index contributed by atoms with van der Waals surface area (Å²) in [6, 6.07) is 14.7. The monoisotopic (exact) mass is 347 g/mol. The molecule has 2 N–H and O–H groups in total. The molecule has 2 atom stereocenters. The van der Waals surface area contributed by atoms with Crippen molar-refractivity contribution in [1.82, 2.24) is 5.32 Å². The van der Waals surface area contributed by atoms with Gasteiger partial charge in [-0.2, -0.15) is 0 Å². The summed E-state index contributed by atoms with van der Waals surface area (Å²) < 4.78 is 5.22. The number of nitrogens with one attached hydrogen (secondary N) is 1. The number of halogens is 1. The minimum Gasteiger partial charge on any atom is -0.480 e. The number of hydrogen-bond acceptors (Lipinski definition) is 3. The first-order valence-corrected chi connectivity index (χ1v) is 7.74. The molecule has 0 spiro atoms. The third-order valence-corrected chi connectivity index (χ3v) is 3.80. The molecule has 1 amide bonds. The Labute approximate surface area is 145 Å². The minimum absolute atomic E-state index is 0.156. The van der Waals surface area contributed by atoms with Gasteiger partial charge in [0.25, 0.3) is 5.91 Å². The highest BCUT2D eigenvalue weighted by atomic mass is 35.5. The molecule has 0 aliphatic rings. The molecule has 126 valence electrons. The van der Waals surface area contributed by atoms with E-state index in [-0.39, 0.29) is 6.42 Å². The molecule has 0 bridgehead atoms. The van der Waals surface area contributed by atoms with Gasteiger partial charge in [0.05, 0.1) is 0 Å². The summed E-state index contributed by atoms with van der Waals surface area (Å²) in [5, 5.41) is 12.5. The van der Waals surface area contributed by atoms with Crippen LogP contribution in [0.15, 0.2) is 54.6 Å². The lowest BCUT2D eigenvalue weighted by Crippen LogP contribution is -2.44. The Hall–Kier alpha value is -2.37. The van der Waals surface area contributed by atoms with E-state index in [2.05, 4.69) is 5.32 Å². The van der Waals surface area contributed by atoms with E-state index in [9.17, 15) is 14.7 Å². The van der Waals surface area contributed by atoms with Crippen LogP contribution >= 0.6 is 11.6 Å². The Morgan fingerprint density at radius 2 is 1.75 bits per heavy atom. The van der Waals surface area contributed by atoms with Gasteiger partial charge in [-0.3, -0.25) is 4.79 Å². The van der Waals surface area contributed by atoms with Gasteiger partial charge in [-0.1, -0.05) is 54.1 Å². The lowest BCUT2D eigenvalue weighted by molar-refractivity contribution is -0.144. The number of carboxylic acid groups (broad SMARTS) is 1. The summed E-state index contributed by atoms with van der Waals surface area (Å²) in [5.41, 5.74) is 1.42. The zero-order valence-electron chi connectivity index (χ0n) is 13.1. The van der Waals surface area contributed by atoms with Crippen LogP contribution in [-0.4, -0.2) is 30.1 Å². The van der Waals surface area contributed by atoms with Crippen LogP contribution in [-0.2, 0) is 20.7 Å². The number of amides is 1. The van der Waals surface area contributed by atoms with Crippen molar-refractivity contribution in [1.29, 1.82) is 0 Å². The molecule has 2 aromatic carbocycles. The summed E-state index contributed by atoms with van der Waals surface area (Å²) in [6.45, 7) is 0. The second kappa shape index (κ2) is 8.47. The van der Waals surface area contributed by atoms with Crippen LogP contribution in [0, 0.1) is 0 Å². The van der Waals surface area contributed by atoms with Gasteiger partial charge in [0.1, 0.15) is 6.04 Å². The third kappa shape index (κ3) is 4.81. The average molecular weight is 348 g/mol. The van der Waals surface area contributed by atoms with Crippen LogP contribution in [0.25, 0.3) is 0 Å². The molecule has 2 aromatic rings. The van der Waals surface area contributed by atoms with Gasteiger partial charge < -0.3 is 15.2 Å². The number of ether oxygens (including phenoxy) is 1. The fourth-order valence-corrected chi connectivity index (χ4v) is 2.45. The maximum atomic E-state index is 12.4. The highest BCUT2D eigenvalue weighted by molar-refractivity contribution is 6.30. The van der Waals surface area contributed by atoms with Crippen LogP contribution in [0.4, 0.5) is 0 Å². The van der Waals surface area contributed by atoms with E-state index in [1.165, 1.54) is 7.11 Å². The van der Waals surface area contributed by atoms with Crippen molar-refractivity contribution in [3.8, 4) is 0 Å². The van der Waals surface area contributed by atoms with Gasteiger partial charge in [-0.15, -0.1) is 0 Å². The summed E-state index contributed by atoms with van der Waals surface area (Å²) in [5.74, 6) is -1.61. The van der Waals surface area contributed by atoms with E-state index in [1.807, 2.05) is 6.07 Å². The van der Waals surface area contributed by atoms with Crippen molar-refractivity contribution in [2.45, 2.75) is 18.6 Å². The van der Waals surface area contributed by atoms with Crippen molar-refractivity contribution in [3.63, 3.8) is 0 Å². The molecule has 0 aliphatic carbocycles. The molecule has 0 aromatic heterocycles. The van der Waals surface area contributed by atoms with Crippen LogP contribution < -0.4 is 5.32 Å². The van der Waals surface area contributed by atoms with E-state index in [0.29, 0.717) is 10.6 Å². The van der Waals surface area contributed by atoms with Gasteiger partial charge in [0.15, 0.2) is 6.10 Å². The molecule has 0 radical (unpaired) electrons. The molecule has 2 rings (SSSR count). The molecule has 5 nitrogen and oxygen atoms in total. The number of rotatable bonds is 7. The Bertz CT molecular complexity index is 688. The Balaban J connectivity index is 2.10. The van der Waals surface area contributed by atoms with Gasteiger partial charge in [-0.05, 0) is 23.3 Å². The van der Waals surface area contributed by atoms with Gasteiger partial charge >= 0.3 is 5.97 Å². The second-order valence-electron chi connectivity index (χ2n) is 5.26. The summed E-state index contributed by atoms with van der Waals surface area (Å²) in [4.78, 5) is 23.9. The normalized spacial score (nSPS) is 13.1. The highest BCUT2D eigenvalue weighted by Gasteiger charge is 2.26. The molecule has 0 saturated heterocycles. The lowest BCUT2D eigenvalue weighted by atomic mass is 10.0. The predicted molar refractivity (Wildman–Crippen MR) is 90.9 cm³/mol. The first-order chi connectivity index (χ1) is 11.5. The maximum Gasteiger partial charge on any atom is 0.326 e. The molecule has 0 saturated carbocycles. The van der Waals surface area contributed by atoms with Crippen molar-refractivity contribution in [2.75, 3.05) is 7.11 Å². The number of aliphatic carboxylic acids is 1. The first kappa shape index (κ1) is 18.0. The standard InChI is InChI=1S/C18H18ClNO4/c1-24-16(13-5-3-2-4-6-13)17(21)20-15(18(22)23)11-12-7-9-14(19)10-8-12/h2-10,15-16H,11H2,1H3,(H,20,21)(H,22,23)/t15-,16+/m0/s1. The SMILES string of the molecule is CO[C@@H](C(=O)N[C@@H](Cc1ccc(Cl)cc1)C(=O)O)c1ccccc1. The first-order valence-electron chi connectivity index (χ1n) is 7.36. The van der Waals surface area contributed by atoms with Crippen molar-refractivity contribution in [3.05, 3.63) is 70.7 Å². The second-order valence-corrected chi connectivity index (χ2v) is 5.69. The Morgan fingerprint density at radius 3 is 2.29 bits per heavy atom. The van der Waals surface area contributed by atoms with Crippen molar-refractivity contribution < 1.29 is 19.4 Å². The van der Waals surface area contributed by atoms with Crippen LogP contribution in [0.3, 0.4) is 0 Å². The van der Waals surface area contributed by atoms with Gasteiger partial charge in [-0.25, -0.2) is 4.79 Å². The third-order valence-electron chi connectivity index (χ3n) is 3.54. The molecule has 0 heterocycles. The van der Waals surface area contributed by atoms with E-state index in [4.69, 9.17) is 16.3 Å². The predicted octanol–water partition coefficient (Wildman–Crippen LogP) is 2.84. The summed E-state index contributed by atoms with van der Waals surface area (Å²) in [7, 11) is 1.41. The summed E-state index contributed by atoms with van der Waals surface area (Å²) in [6.07, 6.45) is -0.706. The molecular formula is C18H18ClNO4. The highest BCUT2D eigenvalue weighted by Crippen LogP contribution is 2.17. The number of carbonyl (C=O) groups excluding carboxylic acids is 1. The molecule has 24 heavy (non-hydrogen) atoms. The van der Waals surface area contributed by atoms with E-state index >= 15 is 0 Å². The van der Waals surface area contributed by atoms with Crippen molar-refractivity contribution in [2.24, 2.45) is 0 Å². The smallest absolute Gasteiger partial charge is 0.326 e.